The molecule has 0 radical (unpaired) electrons. The molecule has 0 bridgehead atoms. The number of carboxylic acids is 1. The fourth-order valence-electron chi connectivity index (χ4n) is 3.40. The van der Waals surface area contributed by atoms with Crippen LogP contribution in [0.2, 0.25) is 0 Å². The summed E-state index contributed by atoms with van der Waals surface area (Å²) in [5.41, 5.74) is 1.52. The highest BCUT2D eigenvalue weighted by Gasteiger charge is 2.24. The number of halogens is 1. The van der Waals surface area contributed by atoms with Crippen molar-refractivity contribution in [3.8, 4) is 17.2 Å². The van der Waals surface area contributed by atoms with Crippen LogP contribution in [0.4, 0.5) is 14.9 Å². The minimum absolute atomic E-state index is 0.0488. The molecular formula is C26H22FN3O6. The molecule has 0 aliphatic heterocycles. The molecule has 1 amide bonds. The van der Waals surface area contributed by atoms with E-state index in [4.69, 9.17) is 14.0 Å². The Morgan fingerprint density at radius 3 is 2.39 bits per heavy atom. The SMILES string of the molecule is CC(OC(=O)Nc1c(F)noc1-c1ccc(OC(Cc2ccccc2)C(=O)O)nc1)c1ccccc1. The van der Waals surface area contributed by atoms with Crippen LogP contribution in [0, 0.1) is 5.95 Å². The summed E-state index contributed by atoms with van der Waals surface area (Å²) in [5, 5.41) is 15.1. The number of carbonyl (C=O) groups excluding carboxylic acids is 1. The van der Waals surface area contributed by atoms with E-state index in [2.05, 4.69) is 15.5 Å². The van der Waals surface area contributed by atoms with Crippen molar-refractivity contribution in [2.24, 2.45) is 0 Å². The zero-order valence-corrected chi connectivity index (χ0v) is 19.1. The van der Waals surface area contributed by atoms with Gasteiger partial charge in [-0.2, -0.15) is 4.39 Å². The van der Waals surface area contributed by atoms with Gasteiger partial charge >= 0.3 is 12.1 Å². The van der Waals surface area contributed by atoms with Gasteiger partial charge in [0.15, 0.2) is 5.76 Å². The number of hydrogen-bond donors (Lipinski definition) is 2. The first-order valence-electron chi connectivity index (χ1n) is 11.0. The minimum Gasteiger partial charge on any atom is -0.478 e. The van der Waals surface area contributed by atoms with Crippen molar-refractivity contribution in [2.75, 3.05) is 5.32 Å². The highest BCUT2D eigenvalue weighted by molar-refractivity contribution is 5.89. The molecule has 2 aromatic heterocycles. The van der Waals surface area contributed by atoms with E-state index in [1.54, 1.807) is 31.2 Å². The van der Waals surface area contributed by atoms with Crippen LogP contribution in [0.1, 0.15) is 24.2 Å². The summed E-state index contributed by atoms with van der Waals surface area (Å²) < 4.78 is 30.2. The summed E-state index contributed by atoms with van der Waals surface area (Å²) in [6, 6.07) is 21.0. The molecule has 0 saturated carbocycles. The number of pyridine rings is 1. The quantitative estimate of drug-likeness (QED) is 0.325. The van der Waals surface area contributed by atoms with Gasteiger partial charge in [0.1, 0.15) is 11.8 Å². The number of aromatic nitrogens is 2. The molecule has 0 saturated heterocycles. The fraction of sp³-hybridized carbons (Fsp3) is 0.154. The second-order valence-corrected chi connectivity index (χ2v) is 7.78. The van der Waals surface area contributed by atoms with Crippen LogP contribution in [-0.2, 0) is 16.0 Å². The zero-order valence-electron chi connectivity index (χ0n) is 19.1. The number of benzene rings is 2. The van der Waals surface area contributed by atoms with E-state index in [9.17, 15) is 19.1 Å². The highest BCUT2D eigenvalue weighted by Crippen LogP contribution is 2.31. The normalized spacial score (nSPS) is 12.4. The van der Waals surface area contributed by atoms with E-state index in [-0.39, 0.29) is 29.3 Å². The van der Waals surface area contributed by atoms with Crippen molar-refractivity contribution < 1.29 is 33.1 Å². The van der Waals surface area contributed by atoms with Gasteiger partial charge < -0.3 is 19.1 Å². The summed E-state index contributed by atoms with van der Waals surface area (Å²) >= 11 is 0. The smallest absolute Gasteiger partial charge is 0.412 e. The number of aliphatic carboxylic acids is 1. The Balaban J connectivity index is 1.44. The summed E-state index contributed by atoms with van der Waals surface area (Å²) in [4.78, 5) is 28.1. The molecule has 4 aromatic rings. The molecule has 10 heteroatoms. The van der Waals surface area contributed by atoms with Gasteiger partial charge in [-0.15, -0.1) is 0 Å². The molecule has 2 aromatic carbocycles. The molecule has 2 unspecified atom stereocenters. The maximum atomic E-state index is 14.3. The number of carbonyl (C=O) groups is 2. The molecule has 184 valence electrons. The predicted molar refractivity (Wildman–Crippen MR) is 127 cm³/mol. The number of carboxylic acid groups (broad SMARTS) is 1. The van der Waals surface area contributed by atoms with Crippen LogP contribution in [0.3, 0.4) is 0 Å². The summed E-state index contributed by atoms with van der Waals surface area (Å²) in [6.45, 7) is 1.69. The first kappa shape index (κ1) is 24.4. The van der Waals surface area contributed by atoms with Crippen molar-refractivity contribution in [3.63, 3.8) is 0 Å². The fourth-order valence-corrected chi connectivity index (χ4v) is 3.40. The Hall–Kier alpha value is -4.73. The van der Waals surface area contributed by atoms with Gasteiger partial charge in [0, 0.05) is 24.2 Å². The standard InChI is InChI=1S/C26H22FN3O6/c1-16(18-10-6-3-7-11-18)34-26(33)29-22-23(36-30-24(22)27)19-12-13-21(28-15-19)35-20(25(31)32)14-17-8-4-2-5-9-17/h2-13,15-16,20H,14H2,1H3,(H,29,33)(H,31,32). The van der Waals surface area contributed by atoms with E-state index < -0.39 is 30.2 Å². The molecule has 36 heavy (non-hydrogen) atoms. The van der Waals surface area contributed by atoms with Crippen LogP contribution in [0.25, 0.3) is 11.3 Å². The summed E-state index contributed by atoms with van der Waals surface area (Å²) in [6.07, 6.45) is -1.20. The zero-order chi connectivity index (χ0) is 25.5. The van der Waals surface area contributed by atoms with Gasteiger partial charge in [-0.25, -0.2) is 14.6 Å². The predicted octanol–water partition coefficient (Wildman–Crippen LogP) is 5.26. The summed E-state index contributed by atoms with van der Waals surface area (Å²) in [5.74, 6) is -2.22. The number of anilines is 1. The summed E-state index contributed by atoms with van der Waals surface area (Å²) in [7, 11) is 0. The highest BCUT2D eigenvalue weighted by atomic mass is 19.1. The molecule has 2 heterocycles. The second-order valence-electron chi connectivity index (χ2n) is 7.78. The number of nitrogens with one attached hydrogen (secondary N) is 1. The van der Waals surface area contributed by atoms with Crippen LogP contribution in [-0.4, -0.2) is 33.4 Å². The van der Waals surface area contributed by atoms with Crippen molar-refractivity contribution in [2.45, 2.75) is 25.6 Å². The minimum atomic E-state index is -1.16. The van der Waals surface area contributed by atoms with Gasteiger partial charge in [0.2, 0.25) is 12.0 Å². The van der Waals surface area contributed by atoms with Crippen LogP contribution in [0.15, 0.2) is 83.5 Å². The second kappa shape index (κ2) is 11.1. The van der Waals surface area contributed by atoms with Gasteiger partial charge in [0.25, 0.3) is 5.95 Å². The van der Waals surface area contributed by atoms with Crippen LogP contribution >= 0.6 is 0 Å². The van der Waals surface area contributed by atoms with Crippen LogP contribution in [0.5, 0.6) is 5.88 Å². The maximum Gasteiger partial charge on any atom is 0.412 e. The lowest BCUT2D eigenvalue weighted by Crippen LogP contribution is -2.29. The van der Waals surface area contributed by atoms with E-state index in [1.165, 1.54) is 18.3 Å². The molecule has 2 atom stereocenters. The average molecular weight is 491 g/mol. The Morgan fingerprint density at radius 1 is 1.06 bits per heavy atom. The Bertz CT molecular complexity index is 1310. The van der Waals surface area contributed by atoms with E-state index in [1.807, 2.05) is 36.4 Å². The number of hydrogen-bond acceptors (Lipinski definition) is 7. The van der Waals surface area contributed by atoms with E-state index in [0.717, 1.165) is 11.1 Å². The molecular weight excluding hydrogens is 469 g/mol. The molecule has 9 nitrogen and oxygen atoms in total. The van der Waals surface area contributed by atoms with Crippen LogP contribution < -0.4 is 10.1 Å². The molecule has 2 N–H and O–H groups in total. The third-order valence-electron chi connectivity index (χ3n) is 5.23. The largest absolute Gasteiger partial charge is 0.478 e. The van der Waals surface area contributed by atoms with E-state index >= 15 is 0 Å². The van der Waals surface area contributed by atoms with Gasteiger partial charge in [-0.3, -0.25) is 5.32 Å². The molecule has 0 fully saturated rings. The first-order chi connectivity index (χ1) is 17.4. The monoisotopic (exact) mass is 491 g/mol. The van der Waals surface area contributed by atoms with Gasteiger partial charge in [-0.1, -0.05) is 60.7 Å². The number of amides is 1. The number of ether oxygens (including phenoxy) is 2. The molecule has 0 aliphatic carbocycles. The maximum absolute atomic E-state index is 14.3. The van der Waals surface area contributed by atoms with Crippen molar-refractivity contribution in [1.29, 1.82) is 0 Å². The molecule has 0 aliphatic rings. The molecule has 4 rings (SSSR count). The van der Waals surface area contributed by atoms with E-state index in [0.29, 0.717) is 0 Å². The Kier molecular flexibility index (Phi) is 7.54. The number of nitrogens with zero attached hydrogens (tertiary/aromatic N) is 2. The third-order valence-corrected chi connectivity index (χ3v) is 5.23. The third kappa shape index (κ3) is 6.03. The number of rotatable bonds is 9. The Labute approximate surface area is 205 Å². The van der Waals surface area contributed by atoms with Crippen molar-refractivity contribution in [3.05, 3.63) is 96.1 Å². The van der Waals surface area contributed by atoms with Gasteiger partial charge in [0.05, 0.1) is 0 Å². The molecule has 0 spiro atoms. The average Bonchev–Trinajstić information content (AvgIpc) is 3.24. The lowest BCUT2D eigenvalue weighted by atomic mass is 10.1. The lowest BCUT2D eigenvalue weighted by Gasteiger charge is -2.15. The van der Waals surface area contributed by atoms with Crippen molar-refractivity contribution >= 4 is 17.7 Å². The van der Waals surface area contributed by atoms with Crippen molar-refractivity contribution in [1.82, 2.24) is 10.1 Å². The Morgan fingerprint density at radius 2 is 1.75 bits per heavy atom. The first-order valence-corrected chi connectivity index (χ1v) is 11.0. The van der Waals surface area contributed by atoms with Gasteiger partial charge in [-0.05, 0) is 29.3 Å². The topological polar surface area (TPSA) is 124 Å². The lowest BCUT2D eigenvalue weighted by molar-refractivity contribution is -0.145.